The van der Waals surface area contributed by atoms with Crippen LogP contribution in [-0.2, 0) is 11.2 Å². The summed E-state index contributed by atoms with van der Waals surface area (Å²) in [5.74, 6) is 0.171. The fourth-order valence-electron chi connectivity index (χ4n) is 4.39. The third-order valence-electron chi connectivity index (χ3n) is 6.25. The zero-order chi connectivity index (χ0) is 22.2. The Kier molecular flexibility index (Phi) is 7.92. The molecule has 166 valence electrons. The number of carbonyl (C=O) groups is 1. The number of amides is 1. The van der Waals surface area contributed by atoms with E-state index in [0.29, 0.717) is 5.02 Å². The molecule has 0 aliphatic carbocycles. The first-order valence-corrected chi connectivity index (χ1v) is 11.8. The molecule has 4 nitrogen and oxygen atoms in total. The standard InChI is InChI=1S/C27H30ClN3O/c28-25-12-10-22(11-13-25)26(24-9-4-16-29-20-24)30-27(32)23-14-18-31(19-15-23)17-5-8-21-6-2-1-3-7-21/h1-4,6-7,9-13,16,20,23,26H,5,8,14-15,17-19H2,(H,30,32). The minimum Gasteiger partial charge on any atom is -0.345 e. The lowest BCUT2D eigenvalue weighted by Crippen LogP contribution is -2.42. The molecule has 3 aromatic rings. The van der Waals surface area contributed by atoms with E-state index in [1.54, 1.807) is 6.20 Å². The van der Waals surface area contributed by atoms with Crippen molar-refractivity contribution in [2.45, 2.75) is 31.7 Å². The summed E-state index contributed by atoms with van der Waals surface area (Å²) >= 11 is 6.07. The molecule has 32 heavy (non-hydrogen) atoms. The van der Waals surface area contributed by atoms with E-state index in [2.05, 4.69) is 45.5 Å². The van der Waals surface area contributed by atoms with Crippen LogP contribution in [0, 0.1) is 5.92 Å². The van der Waals surface area contributed by atoms with E-state index in [0.717, 1.165) is 56.4 Å². The second-order valence-electron chi connectivity index (χ2n) is 8.48. The number of halogens is 1. The van der Waals surface area contributed by atoms with Gasteiger partial charge in [0.2, 0.25) is 5.91 Å². The summed E-state index contributed by atoms with van der Waals surface area (Å²) in [6.07, 6.45) is 7.62. The second-order valence-corrected chi connectivity index (χ2v) is 8.92. The van der Waals surface area contributed by atoms with E-state index in [9.17, 15) is 4.79 Å². The zero-order valence-electron chi connectivity index (χ0n) is 18.3. The maximum Gasteiger partial charge on any atom is 0.223 e. The van der Waals surface area contributed by atoms with Gasteiger partial charge in [0.1, 0.15) is 0 Å². The van der Waals surface area contributed by atoms with Crippen LogP contribution < -0.4 is 5.32 Å². The number of aryl methyl sites for hydroxylation is 1. The first kappa shape index (κ1) is 22.5. The molecule has 5 heteroatoms. The molecule has 1 aromatic heterocycles. The number of pyridine rings is 1. The first-order valence-electron chi connectivity index (χ1n) is 11.4. The molecule has 1 aliphatic rings. The molecule has 4 rings (SSSR count). The molecule has 1 aliphatic heterocycles. The third kappa shape index (κ3) is 6.18. The van der Waals surface area contributed by atoms with Crippen molar-refractivity contribution in [3.8, 4) is 0 Å². The van der Waals surface area contributed by atoms with E-state index in [1.165, 1.54) is 5.56 Å². The van der Waals surface area contributed by atoms with E-state index in [4.69, 9.17) is 11.6 Å². The summed E-state index contributed by atoms with van der Waals surface area (Å²) in [5, 5.41) is 3.96. The van der Waals surface area contributed by atoms with Gasteiger partial charge in [-0.05, 0) is 80.2 Å². The molecule has 1 unspecified atom stereocenters. The number of rotatable bonds is 8. The van der Waals surface area contributed by atoms with Crippen molar-refractivity contribution in [2.24, 2.45) is 5.92 Å². The minimum atomic E-state index is -0.225. The number of aromatic nitrogens is 1. The van der Waals surface area contributed by atoms with Crippen LogP contribution in [-0.4, -0.2) is 35.4 Å². The SMILES string of the molecule is O=C(NC(c1ccc(Cl)cc1)c1cccnc1)C1CCN(CCCc2ccccc2)CC1. The second kappa shape index (κ2) is 11.3. The van der Waals surface area contributed by atoms with Crippen molar-refractivity contribution in [2.75, 3.05) is 19.6 Å². The molecule has 2 aromatic carbocycles. The van der Waals surface area contributed by atoms with Crippen LogP contribution in [0.1, 0.15) is 42.0 Å². The Balaban J connectivity index is 1.31. The number of piperidine rings is 1. The van der Waals surface area contributed by atoms with Crippen LogP contribution in [0.4, 0.5) is 0 Å². The smallest absolute Gasteiger partial charge is 0.223 e. The fraction of sp³-hybridized carbons (Fsp3) is 0.333. The van der Waals surface area contributed by atoms with Gasteiger partial charge in [0.15, 0.2) is 0 Å². The normalized spacial score (nSPS) is 15.9. The number of nitrogens with zero attached hydrogens (tertiary/aromatic N) is 2. The molecule has 1 saturated heterocycles. The van der Waals surface area contributed by atoms with E-state index >= 15 is 0 Å². The van der Waals surface area contributed by atoms with Crippen molar-refractivity contribution >= 4 is 17.5 Å². The highest BCUT2D eigenvalue weighted by Gasteiger charge is 2.27. The number of carbonyl (C=O) groups excluding carboxylic acids is 1. The number of hydrogen-bond donors (Lipinski definition) is 1. The molecule has 1 atom stereocenters. The van der Waals surface area contributed by atoms with Crippen LogP contribution in [0.2, 0.25) is 5.02 Å². The molecule has 1 N–H and O–H groups in total. The van der Waals surface area contributed by atoms with Crippen molar-refractivity contribution < 1.29 is 4.79 Å². The van der Waals surface area contributed by atoms with Gasteiger partial charge in [-0.2, -0.15) is 0 Å². The zero-order valence-corrected chi connectivity index (χ0v) is 19.0. The molecule has 1 fully saturated rings. The van der Waals surface area contributed by atoms with Crippen LogP contribution in [0.5, 0.6) is 0 Å². The Hall–Kier alpha value is -2.69. The Morgan fingerprint density at radius 3 is 2.44 bits per heavy atom. The molecule has 1 amide bonds. The monoisotopic (exact) mass is 447 g/mol. The van der Waals surface area contributed by atoms with Crippen molar-refractivity contribution in [3.05, 3.63) is 101 Å². The quantitative estimate of drug-likeness (QED) is 0.510. The van der Waals surface area contributed by atoms with Crippen LogP contribution in [0.3, 0.4) is 0 Å². The summed E-state index contributed by atoms with van der Waals surface area (Å²) in [5.41, 5.74) is 3.38. The van der Waals surface area contributed by atoms with Gasteiger partial charge >= 0.3 is 0 Å². The lowest BCUT2D eigenvalue weighted by Gasteiger charge is -2.32. The highest BCUT2D eigenvalue weighted by molar-refractivity contribution is 6.30. The van der Waals surface area contributed by atoms with Gasteiger partial charge in [-0.3, -0.25) is 9.78 Å². The van der Waals surface area contributed by atoms with Crippen molar-refractivity contribution in [1.82, 2.24) is 15.2 Å². The molecule has 0 spiro atoms. The number of likely N-dealkylation sites (tertiary alicyclic amines) is 1. The highest BCUT2D eigenvalue weighted by atomic mass is 35.5. The van der Waals surface area contributed by atoms with Crippen LogP contribution in [0.25, 0.3) is 0 Å². The van der Waals surface area contributed by atoms with Gasteiger partial charge in [0, 0.05) is 23.3 Å². The first-order chi connectivity index (χ1) is 15.7. The molecule has 2 heterocycles. The van der Waals surface area contributed by atoms with Crippen molar-refractivity contribution in [3.63, 3.8) is 0 Å². The average Bonchev–Trinajstić information content (AvgIpc) is 2.85. The maximum absolute atomic E-state index is 13.2. The van der Waals surface area contributed by atoms with Crippen LogP contribution in [0.15, 0.2) is 79.1 Å². The summed E-state index contributed by atoms with van der Waals surface area (Å²) in [7, 11) is 0. The maximum atomic E-state index is 13.2. The van der Waals surface area contributed by atoms with Gasteiger partial charge in [0.25, 0.3) is 0 Å². The summed E-state index contributed by atoms with van der Waals surface area (Å²) in [6, 6.07) is 22.0. The predicted molar refractivity (Wildman–Crippen MR) is 130 cm³/mol. The fourth-order valence-corrected chi connectivity index (χ4v) is 4.52. The van der Waals surface area contributed by atoms with E-state index in [1.807, 2.05) is 42.6 Å². The predicted octanol–water partition coefficient (Wildman–Crippen LogP) is 5.29. The van der Waals surface area contributed by atoms with Gasteiger partial charge in [-0.25, -0.2) is 0 Å². The number of nitrogens with one attached hydrogen (secondary N) is 1. The summed E-state index contributed by atoms with van der Waals surface area (Å²) in [6.45, 7) is 3.04. The van der Waals surface area contributed by atoms with Gasteiger partial charge < -0.3 is 10.2 Å². The average molecular weight is 448 g/mol. The van der Waals surface area contributed by atoms with Crippen molar-refractivity contribution in [1.29, 1.82) is 0 Å². The Bertz CT molecular complexity index is 971. The Labute approximate surface area is 195 Å². The number of hydrogen-bond acceptors (Lipinski definition) is 3. The molecular weight excluding hydrogens is 418 g/mol. The molecule has 0 bridgehead atoms. The topological polar surface area (TPSA) is 45.2 Å². The lowest BCUT2D eigenvalue weighted by atomic mass is 9.93. The van der Waals surface area contributed by atoms with Gasteiger partial charge in [-0.15, -0.1) is 0 Å². The van der Waals surface area contributed by atoms with Gasteiger partial charge in [0.05, 0.1) is 6.04 Å². The summed E-state index contributed by atoms with van der Waals surface area (Å²) in [4.78, 5) is 19.9. The molecule has 0 radical (unpaired) electrons. The Morgan fingerprint density at radius 2 is 1.75 bits per heavy atom. The minimum absolute atomic E-state index is 0.0480. The van der Waals surface area contributed by atoms with E-state index < -0.39 is 0 Å². The molecule has 0 saturated carbocycles. The highest BCUT2D eigenvalue weighted by Crippen LogP contribution is 2.25. The Morgan fingerprint density at radius 1 is 1.00 bits per heavy atom. The third-order valence-corrected chi connectivity index (χ3v) is 6.50. The van der Waals surface area contributed by atoms with Crippen LogP contribution >= 0.6 is 11.6 Å². The van der Waals surface area contributed by atoms with E-state index in [-0.39, 0.29) is 17.9 Å². The number of benzene rings is 2. The summed E-state index contributed by atoms with van der Waals surface area (Å²) < 4.78 is 0. The molecular formula is C27H30ClN3O. The lowest BCUT2D eigenvalue weighted by molar-refractivity contribution is -0.127. The largest absolute Gasteiger partial charge is 0.345 e. The van der Waals surface area contributed by atoms with Gasteiger partial charge in [-0.1, -0.05) is 60.1 Å².